The lowest BCUT2D eigenvalue weighted by atomic mass is 10.1. The number of aromatic nitrogens is 2. The maximum atomic E-state index is 12.7. The molecular formula is C20H25N5O. The third-order valence-corrected chi connectivity index (χ3v) is 4.98. The van der Waals surface area contributed by atoms with Gasteiger partial charge >= 0.3 is 6.03 Å². The van der Waals surface area contributed by atoms with Gasteiger partial charge in [0, 0.05) is 30.7 Å². The predicted molar refractivity (Wildman–Crippen MR) is 101 cm³/mol. The van der Waals surface area contributed by atoms with Crippen molar-refractivity contribution in [3.63, 3.8) is 0 Å². The number of nitrogens with one attached hydrogen (secondary N) is 2. The first-order chi connectivity index (χ1) is 12.6. The van der Waals surface area contributed by atoms with Crippen molar-refractivity contribution in [2.45, 2.75) is 51.2 Å². The second-order valence-corrected chi connectivity index (χ2v) is 7.44. The third-order valence-electron chi connectivity index (χ3n) is 4.98. The Morgan fingerprint density at radius 2 is 2.08 bits per heavy atom. The number of fused-ring (bicyclic) bond motifs is 1. The number of carbonyl (C=O) groups excluding carboxylic acids is 1. The van der Waals surface area contributed by atoms with Crippen LogP contribution in [0.15, 0.2) is 36.5 Å². The van der Waals surface area contributed by atoms with Crippen LogP contribution >= 0.6 is 0 Å². The molecule has 136 valence electrons. The van der Waals surface area contributed by atoms with Crippen molar-refractivity contribution in [3.05, 3.63) is 53.3 Å². The second kappa shape index (κ2) is 6.94. The molecule has 4 rings (SSSR count). The maximum Gasteiger partial charge on any atom is 0.317 e. The molecule has 6 heteroatoms. The van der Waals surface area contributed by atoms with Crippen LogP contribution in [0.3, 0.4) is 0 Å². The first kappa shape index (κ1) is 16.8. The highest BCUT2D eigenvalue weighted by Crippen LogP contribution is 2.40. The molecule has 2 N–H and O–H groups in total. The largest absolute Gasteiger partial charge is 0.352 e. The Balaban J connectivity index is 1.37. The number of hydrogen-bond donors (Lipinski definition) is 2. The number of anilines is 1. The van der Waals surface area contributed by atoms with Crippen LogP contribution in [0.1, 0.15) is 43.0 Å². The molecular weight excluding hydrogens is 326 g/mol. The topological polar surface area (TPSA) is 70.2 Å². The summed E-state index contributed by atoms with van der Waals surface area (Å²) in [4.78, 5) is 23.5. The Bertz CT molecular complexity index is 792. The van der Waals surface area contributed by atoms with E-state index in [2.05, 4.69) is 58.7 Å². The maximum absolute atomic E-state index is 12.7. The smallest absolute Gasteiger partial charge is 0.317 e. The lowest BCUT2D eigenvalue weighted by molar-refractivity contribution is 0.190. The van der Waals surface area contributed by atoms with Crippen molar-refractivity contribution >= 4 is 12.0 Å². The van der Waals surface area contributed by atoms with Gasteiger partial charge in [-0.05, 0) is 37.8 Å². The second-order valence-electron chi connectivity index (χ2n) is 7.44. The summed E-state index contributed by atoms with van der Waals surface area (Å²) in [6.07, 6.45) is 3.71. The van der Waals surface area contributed by atoms with Gasteiger partial charge in [0.2, 0.25) is 5.95 Å². The van der Waals surface area contributed by atoms with Crippen LogP contribution < -0.4 is 10.6 Å². The van der Waals surface area contributed by atoms with Crippen LogP contribution in [0.25, 0.3) is 0 Å². The van der Waals surface area contributed by atoms with Crippen molar-refractivity contribution in [3.8, 4) is 0 Å². The lowest BCUT2D eigenvalue weighted by Gasteiger charge is -2.28. The van der Waals surface area contributed by atoms with Crippen LogP contribution in [-0.2, 0) is 13.0 Å². The van der Waals surface area contributed by atoms with Crippen LogP contribution in [0.5, 0.6) is 0 Å². The summed E-state index contributed by atoms with van der Waals surface area (Å²) in [5, 5.41) is 6.40. The Kier molecular flexibility index (Phi) is 4.49. The fourth-order valence-electron chi connectivity index (χ4n) is 3.48. The van der Waals surface area contributed by atoms with E-state index in [4.69, 9.17) is 0 Å². The summed E-state index contributed by atoms with van der Waals surface area (Å²) in [5.41, 5.74) is 3.39. The third kappa shape index (κ3) is 3.64. The molecule has 1 aromatic carbocycles. The van der Waals surface area contributed by atoms with E-state index in [1.165, 1.54) is 5.56 Å². The van der Waals surface area contributed by atoms with E-state index in [1.54, 1.807) is 0 Å². The minimum Gasteiger partial charge on any atom is -0.352 e. The Morgan fingerprint density at radius 1 is 1.27 bits per heavy atom. The fourth-order valence-corrected chi connectivity index (χ4v) is 3.48. The zero-order valence-electron chi connectivity index (χ0n) is 15.3. The monoisotopic (exact) mass is 351 g/mol. The summed E-state index contributed by atoms with van der Waals surface area (Å²) in [6.45, 7) is 5.36. The quantitative estimate of drug-likeness (QED) is 0.889. The molecule has 26 heavy (non-hydrogen) atoms. The van der Waals surface area contributed by atoms with E-state index in [0.717, 1.165) is 24.1 Å². The number of hydrogen-bond acceptors (Lipinski definition) is 4. The van der Waals surface area contributed by atoms with Gasteiger partial charge in [0.05, 0.1) is 12.2 Å². The average Bonchev–Trinajstić information content (AvgIpc) is 3.40. The summed E-state index contributed by atoms with van der Waals surface area (Å²) in [7, 11) is 0. The molecule has 0 saturated heterocycles. The molecule has 1 aliphatic carbocycles. The van der Waals surface area contributed by atoms with Gasteiger partial charge < -0.3 is 15.5 Å². The van der Waals surface area contributed by atoms with Crippen LogP contribution in [0.4, 0.5) is 10.7 Å². The number of carbonyl (C=O) groups is 1. The van der Waals surface area contributed by atoms with E-state index in [1.807, 2.05) is 17.2 Å². The molecule has 0 radical (unpaired) electrons. The molecule has 1 aromatic heterocycles. The van der Waals surface area contributed by atoms with E-state index in [-0.39, 0.29) is 18.1 Å². The standard InChI is InChI=1S/C20H25N5O/c1-13(2)22-19-21-11-15-8-9-25(12-18(15)23-19)20(26)24-17-10-16(17)14-6-4-3-5-7-14/h3-7,11,13,16-17H,8-10,12H2,1-2H3,(H,24,26)(H,21,22,23)/t16-,17+/m0/s1. The molecule has 1 saturated carbocycles. The van der Waals surface area contributed by atoms with Gasteiger partial charge in [0.15, 0.2) is 0 Å². The molecule has 0 unspecified atom stereocenters. The molecule has 1 fully saturated rings. The zero-order valence-corrected chi connectivity index (χ0v) is 15.3. The number of nitrogens with zero attached hydrogens (tertiary/aromatic N) is 3. The van der Waals surface area contributed by atoms with Crippen LogP contribution in [0, 0.1) is 0 Å². The molecule has 2 heterocycles. The van der Waals surface area contributed by atoms with Crippen molar-refractivity contribution < 1.29 is 4.79 Å². The highest BCUT2D eigenvalue weighted by Gasteiger charge is 2.40. The summed E-state index contributed by atoms with van der Waals surface area (Å²) in [6, 6.07) is 10.9. The Morgan fingerprint density at radius 3 is 2.85 bits per heavy atom. The Labute approximate surface area is 154 Å². The molecule has 2 aliphatic rings. The van der Waals surface area contributed by atoms with Gasteiger partial charge in [0.1, 0.15) is 0 Å². The van der Waals surface area contributed by atoms with Gasteiger partial charge in [-0.3, -0.25) is 0 Å². The minimum absolute atomic E-state index is 0.0102. The van der Waals surface area contributed by atoms with Crippen LogP contribution in [0.2, 0.25) is 0 Å². The predicted octanol–water partition coefficient (Wildman–Crippen LogP) is 2.92. The molecule has 0 bridgehead atoms. The zero-order chi connectivity index (χ0) is 18.1. The fraction of sp³-hybridized carbons (Fsp3) is 0.450. The molecule has 0 spiro atoms. The lowest BCUT2D eigenvalue weighted by Crippen LogP contribution is -2.44. The highest BCUT2D eigenvalue weighted by molar-refractivity contribution is 5.75. The summed E-state index contributed by atoms with van der Waals surface area (Å²) >= 11 is 0. The molecule has 2 aromatic rings. The summed E-state index contributed by atoms with van der Waals surface area (Å²) < 4.78 is 0. The number of rotatable bonds is 4. The molecule has 6 nitrogen and oxygen atoms in total. The molecule has 1 aliphatic heterocycles. The van der Waals surface area contributed by atoms with Gasteiger partial charge in [-0.25, -0.2) is 14.8 Å². The van der Waals surface area contributed by atoms with Crippen molar-refractivity contribution in [1.82, 2.24) is 20.2 Å². The summed E-state index contributed by atoms with van der Waals surface area (Å²) in [5.74, 6) is 1.08. The van der Waals surface area contributed by atoms with Crippen LogP contribution in [-0.4, -0.2) is 39.5 Å². The van der Waals surface area contributed by atoms with Gasteiger partial charge in [-0.1, -0.05) is 30.3 Å². The average molecular weight is 351 g/mol. The number of urea groups is 1. The van der Waals surface area contributed by atoms with Gasteiger partial charge in [0.25, 0.3) is 0 Å². The number of benzene rings is 1. The van der Waals surface area contributed by atoms with E-state index in [0.29, 0.717) is 25.0 Å². The van der Waals surface area contributed by atoms with Gasteiger partial charge in [-0.15, -0.1) is 0 Å². The van der Waals surface area contributed by atoms with E-state index >= 15 is 0 Å². The van der Waals surface area contributed by atoms with Crippen molar-refractivity contribution in [2.75, 3.05) is 11.9 Å². The first-order valence-electron chi connectivity index (χ1n) is 9.32. The Hall–Kier alpha value is -2.63. The van der Waals surface area contributed by atoms with E-state index < -0.39 is 0 Å². The molecule has 2 amide bonds. The molecule has 2 atom stereocenters. The number of amides is 2. The van der Waals surface area contributed by atoms with Crippen molar-refractivity contribution in [1.29, 1.82) is 0 Å². The minimum atomic E-state index is 0.0102. The van der Waals surface area contributed by atoms with Gasteiger partial charge in [-0.2, -0.15) is 0 Å². The SMILES string of the molecule is CC(C)Nc1ncc2c(n1)CN(C(=O)N[C@@H]1C[C@H]1c1ccccc1)CC2. The van der Waals surface area contributed by atoms with E-state index in [9.17, 15) is 4.79 Å². The van der Waals surface area contributed by atoms with Crippen molar-refractivity contribution in [2.24, 2.45) is 0 Å². The highest BCUT2D eigenvalue weighted by atomic mass is 16.2. The first-order valence-corrected chi connectivity index (χ1v) is 9.32. The normalized spacial score (nSPS) is 21.3.